The van der Waals surface area contributed by atoms with Gasteiger partial charge in [-0.2, -0.15) is 5.26 Å². The molecule has 6 heteroatoms. The minimum atomic E-state index is 0.231. The number of benzene rings is 1. The van der Waals surface area contributed by atoms with Gasteiger partial charge in [0.1, 0.15) is 11.9 Å². The number of ether oxygens (including phenoxy) is 1. The summed E-state index contributed by atoms with van der Waals surface area (Å²) in [6.07, 6.45) is 3.74. The molecule has 4 nitrogen and oxygen atoms in total. The van der Waals surface area contributed by atoms with Crippen molar-refractivity contribution in [2.75, 3.05) is 18.0 Å². The maximum absolute atomic E-state index is 8.82. The Balaban J connectivity index is 1.49. The summed E-state index contributed by atoms with van der Waals surface area (Å²) in [6.45, 7) is 2.33. The van der Waals surface area contributed by atoms with Crippen LogP contribution in [0.15, 0.2) is 36.5 Å². The van der Waals surface area contributed by atoms with Crippen LogP contribution in [0.25, 0.3) is 0 Å². The molecule has 0 unspecified atom stereocenters. The van der Waals surface area contributed by atoms with Gasteiger partial charge in [-0.25, -0.2) is 4.98 Å². The number of halogens is 2. The van der Waals surface area contributed by atoms with E-state index in [9.17, 15) is 0 Å². The highest BCUT2D eigenvalue weighted by atomic mass is 35.5. The second-order valence-corrected chi connectivity index (χ2v) is 6.58. The second kappa shape index (κ2) is 7.85. The van der Waals surface area contributed by atoms with E-state index in [1.807, 2.05) is 18.2 Å². The molecule has 1 aromatic heterocycles. The standard InChI is InChI=1S/C18H17Cl2N3O/c19-16-3-1-13(9-17(16)20)12-24-15-5-7-23(8-6-15)18-4-2-14(10-21)11-22-18/h1-4,9,11,15H,5-8,12H2. The lowest BCUT2D eigenvalue weighted by atomic mass is 10.1. The molecule has 0 radical (unpaired) electrons. The minimum Gasteiger partial charge on any atom is -0.373 e. The Morgan fingerprint density at radius 1 is 1.17 bits per heavy atom. The Labute approximate surface area is 151 Å². The van der Waals surface area contributed by atoms with E-state index in [-0.39, 0.29) is 6.10 Å². The van der Waals surface area contributed by atoms with Crippen LogP contribution in [0.1, 0.15) is 24.0 Å². The fourth-order valence-electron chi connectivity index (χ4n) is 2.73. The van der Waals surface area contributed by atoms with Gasteiger partial charge in [0.05, 0.1) is 28.3 Å². The molecule has 1 aromatic carbocycles. The summed E-state index contributed by atoms with van der Waals surface area (Å²) < 4.78 is 5.99. The predicted octanol–water partition coefficient (Wildman–Crippen LogP) is 4.45. The lowest BCUT2D eigenvalue weighted by Crippen LogP contribution is -2.37. The van der Waals surface area contributed by atoms with Gasteiger partial charge in [0.25, 0.3) is 0 Å². The molecule has 0 saturated carbocycles. The van der Waals surface area contributed by atoms with Crippen molar-refractivity contribution in [3.63, 3.8) is 0 Å². The number of aromatic nitrogens is 1. The zero-order chi connectivity index (χ0) is 16.9. The Kier molecular flexibility index (Phi) is 5.57. The van der Waals surface area contributed by atoms with Crippen molar-refractivity contribution in [3.8, 4) is 6.07 Å². The normalized spacial score (nSPS) is 15.3. The van der Waals surface area contributed by atoms with E-state index in [1.165, 1.54) is 0 Å². The molecule has 1 fully saturated rings. The van der Waals surface area contributed by atoms with E-state index in [1.54, 1.807) is 18.3 Å². The van der Waals surface area contributed by atoms with Gasteiger partial charge in [0.15, 0.2) is 0 Å². The third kappa shape index (κ3) is 4.18. The molecule has 0 aliphatic carbocycles. The van der Waals surface area contributed by atoms with Crippen LogP contribution in [-0.4, -0.2) is 24.2 Å². The van der Waals surface area contributed by atoms with E-state index in [4.69, 9.17) is 33.2 Å². The summed E-state index contributed by atoms with van der Waals surface area (Å²) in [6, 6.07) is 11.4. The fraction of sp³-hybridized carbons (Fsp3) is 0.333. The smallest absolute Gasteiger partial charge is 0.128 e. The van der Waals surface area contributed by atoms with E-state index < -0.39 is 0 Å². The minimum absolute atomic E-state index is 0.231. The highest BCUT2D eigenvalue weighted by Crippen LogP contribution is 2.24. The summed E-state index contributed by atoms with van der Waals surface area (Å²) >= 11 is 11.9. The molecular formula is C18H17Cl2N3O. The highest BCUT2D eigenvalue weighted by Gasteiger charge is 2.20. The Morgan fingerprint density at radius 3 is 2.58 bits per heavy atom. The number of piperidine rings is 1. The van der Waals surface area contributed by atoms with Gasteiger partial charge in [-0.1, -0.05) is 29.3 Å². The van der Waals surface area contributed by atoms with Gasteiger partial charge in [-0.15, -0.1) is 0 Å². The van der Waals surface area contributed by atoms with Crippen molar-refractivity contribution < 1.29 is 4.74 Å². The summed E-state index contributed by atoms with van der Waals surface area (Å²) in [5.74, 6) is 0.914. The van der Waals surface area contributed by atoms with Crippen LogP contribution in [0.3, 0.4) is 0 Å². The average Bonchev–Trinajstić information content (AvgIpc) is 2.63. The number of rotatable bonds is 4. The first-order chi connectivity index (χ1) is 11.7. The van der Waals surface area contributed by atoms with Gasteiger partial charge in [0.2, 0.25) is 0 Å². The third-order valence-corrected chi connectivity index (χ3v) is 4.85. The molecule has 0 amide bonds. The first kappa shape index (κ1) is 17.0. The van der Waals surface area contributed by atoms with Crippen molar-refractivity contribution in [1.29, 1.82) is 5.26 Å². The molecule has 2 heterocycles. The number of pyridine rings is 1. The number of anilines is 1. The molecule has 3 rings (SSSR count). The van der Waals surface area contributed by atoms with Gasteiger partial charge >= 0.3 is 0 Å². The zero-order valence-electron chi connectivity index (χ0n) is 13.1. The number of hydrogen-bond acceptors (Lipinski definition) is 4. The van der Waals surface area contributed by atoms with Crippen LogP contribution in [-0.2, 0) is 11.3 Å². The molecule has 1 saturated heterocycles. The molecule has 0 bridgehead atoms. The van der Waals surface area contributed by atoms with Crippen LogP contribution in [0, 0.1) is 11.3 Å². The highest BCUT2D eigenvalue weighted by molar-refractivity contribution is 6.42. The van der Waals surface area contributed by atoms with Crippen molar-refractivity contribution in [1.82, 2.24) is 4.98 Å². The molecule has 0 atom stereocenters. The predicted molar refractivity (Wildman–Crippen MR) is 95.4 cm³/mol. The van der Waals surface area contributed by atoms with E-state index in [0.717, 1.165) is 37.3 Å². The molecule has 1 aliphatic rings. The first-order valence-corrected chi connectivity index (χ1v) is 8.58. The first-order valence-electron chi connectivity index (χ1n) is 7.82. The van der Waals surface area contributed by atoms with E-state index in [0.29, 0.717) is 22.2 Å². The summed E-state index contributed by atoms with van der Waals surface area (Å²) in [7, 11) is 0. The zero-order valence-corrected chi connectivity index (χ0v) is 14.6. The summed E-state index contributed by atoms with van der Waals surface area (Å²) in [5, 5.41) is 9.94. The van der Waals surface area contributed by atoms with Crippen molar-refractivity contribution in [3.05, 3.63) is 57.7 Å². The molecule has 0 N–H and O–H groups in total. The Bertz CT molecular complexity index is 735. The number of hydrogen-bond donors (Lipinski definition) is 0. The topological polar surface area (TPSA) is 49.2 Å². The van der Waals surface area contributed by atoms with Crippen LogP contribution >= 0.6 is 23.2 Å². The molecule has 0 spiro atoms. The average molecular weight is 362 g/mol. The molecular weight excluding hydrogens is 345 g/mol. The van der Waals surface area contributed by atoms with E-state index in [2.05, 4.69) is 16.0 Å². The quantitative estimate of drug-likeness (QED) is 0.807. The SMILES string of the molecule is N#Cc1ccc(N2CCC(OCc3ccc(Cl)c(Cl)c3)CC2)nc1. The van der Waals surface area contributed by atoms with E-state index >= 15 is 0 Å². The molecule has 24 heavy (non-hydrogen) atoms. The summed E-state index contributed by atoms with van der Waals surface area (Å²) in [4.78, 5) is 6.57. The number of nitrogens with zero attached hydrogens (tertiary/aromatic N) is 3. The van der Waals surface area contributed by atoms with Crippen LogP contribution < -0.4 is 4.90 Å². The van der Waals surface area contributed by atoms with Crippen LogP contribution in [0.2, 0.25) is 10.0 Å². The Morgan fingerprint density at radius 2 is 1.96 bits per heavy atom. The van der Waals surface area contributed by atoms with Gasteiger partial charge in [0, 0.05) is 19.3 Å². The monoisotopic (exact) mass is 361 g/mol. The lowest BCUT2D eigenvalue weighted by Gasteiger charge is -2.32. The van der Waals surface area contributed by atoms with Crippen molar-refractivity contribution in [2.45, 2.75) is 25.6 Å². The summed E-state index contributed by atoms with van der Waals surface area (Å²) in [5.41, 5.74) is 1.61. The maximum atomic E-state index is 8.82. The van der Waals surface area contributed by atoms with Gasteiger partial charge in [-0.05, 0) is 42.7 Å². The molecule has 1 aliphatic heterocycles. The van der Waals surface area contributed by atoms with Gasteiger partial charge < -0.3 is 9.64 Å². The number of nitriles is 1. The van der Waals surface area contributed by atoms with Crippen LogP contribution in [0.4, 0.5) is 5.82 Å². The Hall–Kier alpha value is -1.80. The second-order valence-electron chi connectivity index (χ2n) is 5.76. The van der Waals surface area contributed by atoms with Gasteiger partial charge in [-0.3, -0.25) is 0 Å². The molecule has 2 aromatic rings. The van der Waals surface area contributed by atoms with Crippen LogP contribution in [0.5, 0.6) is 0 Å². The third-order valence-electron chi connectivity index (χ3n) is 4.11. The maximum Gasteiger partial charge on any atom is 0.128 e. The van der Waals surface area contributed by atoms with Crippen molar-refractivity contribution >= 4 is 29.0 Å². The molecule has 124 valence electrons. The lowest BCUT2D eigenvalue weighted by molar-refractivity contribution is 0.0250. The van der Waals surface area contributed by atoms with Crippen molar-refractivity contribution in [2.24, 2.45) is 0 Å². The fourth-order valence-corrected chi connectivity index (χ4v) is 3.05. The largest absolute Gasteiger partial charge is 0.373 e.